The molecule has 0 unspecified atom stereocenters. The molecule has 2 rings (SSSR count). The largest absolute Gasteiger partial charge is 0.493 e. The van der Waals surface area contributed by atoms with E-state index < -0.39 is 5.91 Å². The molecule has 1 aromatic heterocycles. The van der Waals surface area contributed by atoms with Crippen molar-refractivity contribution in [3.63, 3.8) is 0 Å². The number of pyridine rings is 1. The van der Waals surface area contributed by atoms with Crippen LogP contribution in [0.2, 0.25) is 0 Å². The van der Waals surface area contributed by atoms with Gasteiger partial charge in [-0.3, -0.25) is 9.59 Å². The Morgan fingerprint density at radius 3 is 2.60 bits per heavy atom. The molecule has 1 heterocycles. The number of benzene rings is 1. The van der Waals surface area contributed by atoms with Crippen molar-refractivity contribution in [2.75, 3.05) is 20.8 Å². The van der Waals surface area contributed by atoms with Crippen molar-refractivity contribution in [3.05, 3.63) is 47.7 Å². The van der Waals surface area contributed by atoms with Gasteiger partial charge in [0, 0.05) is 24.4 Å². The second-order valence-corrected chi connectivity index (χ2v) is 5.01. The molecule has 0 atom stereocenters. The van der Waals surface area contributed by atoms with Gasteiger partial charge in [-0.25, -0.2) is 4.98 Å². The number of amides is 2. The van der Waals surface area contributed by atoms with E-state index in [9.17, 15) is 9.59 Å². The summed E-state index contributed by atoms with van der Waals surface area (Å²) in [6, 6.07) is 8.16. The maximum absolute atomic E-state index is 12.3. The Bertz CT molecular complexity index is 764. The molecule has 25 heavy (non-hydrogen) atoms. The molecule has 0 spiro atoms. The summed E-state index contributed by atoms with van der Waals surface area (Å²) in [5, 5.41) is 2.79. The molecule has 0 fully saturated rings. The number of nitrogens with zero attached hydrogens (tertiary/aromatic N) is 1. The molecular formula is C17H19N3O5. The van der Waals surface area contributed by atoms with Gasteiger partial charge < -0.3 is 25.3 Å². The van der Waals surface area contributed by atoms with Crippen LogP contribution in [0, 0.1) is 0 Å². The fourth-order valence-corrected chi connectivity index (χ4v) is 2.03. The van der Waals surface area contributed by atoms with Gasteiger partial charge >= 0.3 is 0 Å². The highest BCUT2D eigenvalue weighted by molar-refractivity contribution is 5.94. The maximum atomic E-state index is 12.3. The first-order valence-electron chi connectivity index (χ1n) is 7.39. The number of nitrogens with one attached hydrogen (secondary N) is 1. The van der Waals surface area contributed by atoms with E-state index in [0.717, 1.165) is 5.56 Å². The van der Waals surface area contributed by atoms with Gasteiger partial charge in [0.05, 0.1) is 14.2 Å². The minimum absolute atomic E-state index is 0.272. The van der Waals surface area contributed by atoms with Crippen molar-refractivity contribution >= 4 is 11.8 Å². The Kier molecular flexibility index (Phi) is 6.16. The Labute approximate surface area is 144 Å². The van der Waals surface area contributed by atoms with Crippen molar-refractivity contribution in [1.82, 2.24) is 10.3 Å². The van der Waals surface area contributed by atoms with E-state index in [0.29, 0.717) is 29.5 Å². The van der Waals surface area contributed by atoms with Gasteiger partial charge in [-0.05, 0) is 29.8 Å². The molecule has 8 nitrogen and oxygen atoms in total. The SMILES string of the molecule is COc1cc(CNC(=O)c2ccc(OCC(N)=O)c(OC)c2)ccn1. The van der Waals surface area contributed by atoms with E-state index >= 15 is 0 Å². The van der Waals surface area contributed by atoms with E-state index in [2.05, 4.69) is 10.3 Å². The number of rotatable bonds is 8. The molecule has 0 saturated heterocycles. The van der Waals surface area contributed by atoms with Gasteiger partial charge in [-0.15, -0.1) is 0 Å². The zero-order chi connectivity index (χ0) is 18.2. The lowest BCUT2D eigenvalue weighted by Gasteiger charge is -2.11. The summed E-state index contributed by atoms with van der Waals surface area (Å²) >= 11 is 0. The van der Waals surface area contributed by atoms with Gasteiger partial charge in [0.15, 0.2) is 18.1 Å². The van der Waals surface area contributed by atoms with Crippen LogP contribution < -0.4 is 25.3 Å². The topological polar surface area (TPSA) is 113 Å². The Balaban J connectivity index is 2.04. The molecule has 1 aromatic carbocycles. The van der Waals surface area contributed by atoms with Crippen LogP contribution in [-0.4, -0.2) is 37.6 Å². The van der Waals surface area contributed by atoms with Gasteiger partial charge in [0.2, 0.25) is 5.88 Å². The van der Waals surface area contributed by atoms with Gasteiger partial charge in [0.1, 0.15) is 0 Å². The molecular weight excluding hydrogens is 326 g/mol. The predicted molar refractivity (Wildman–Crippen MR) is 89.6 cm³/mol. The minimum Gasteiger partial charge on any atom is -0.493 e. The summed E-state index contributed by atoms with van der Waals surface area (Å²) in [5.41, 5.74) is 6.29. The molecule has 2 aromatic rings. The number of methoxy groups -OCH3 is 2. The van der Waals surface area contributed by atoms with Crippen molar-refractivity contribution < 1.29 is 23.8 Å². The van der Waals surface area contributed by atoms with Gasteiger partial charge in [-0.1, -0.05) is 0 Å². The molecule has 2 amide bonds. The molecule has 0 bridgehead atoms. The molecule has 8 heteroatoms. The van der Waals surface area contributed by atoms with Crippen LogP contribution in [0.3, 0.4) is 0 Å². The standard InChI is InChI=1S/C17H19N3O5/c1-23-14-8-12(3-4-13(14)25-10-15(18)21)17(22)20-9-11-5-6-19-16(7-11)24-2/h3-8H,9-10H2,1-2H3,(H2,18,21)(H,20,22). The summed E-state index contributed by atoms with van der Waals surface area (Å²) < 4.78 is 15.4. The Morgan fingerprint density at radius 1 is 1.12 bits per heavy atom. The second kappa shape index (κ2) is 8.53. The van der Waals surface area contributed by atoms with Crippen molar-refractivity contribution in [1.29, 1.82) is 0 Å². The number of carbonyl (C=O) groups is 2. The highest BCUT2D eigenvalue weighted by Crippen LogP contribution is 2.28. The average molecular weight is 345 g/mol. The van der Waals surface area contributed by atoms with E-state index in [-0.39, 0.29) is 12.5 Å². The smallest absolute Gasteiger partial charge is 0.255 e. The minimum atomic E-state index is -0.600. The lowest BCUT2D eigenvalue weighted by Crippen LogP contribution is -2.23. The third-order valence-electron chi connectivity index (χ3n) is 3.26. The summed E-state index contributed by atoms with van der Waals surface area (Å²) in [6.07, 6.45) is 1.61. The zero-order valence-corrected chi connectivity index (χ0v) is 13.9. The van der Waals surface area contributed by atoms with Crippen LogP contribution in [0.4, 0.5) is 0 Å². The van der Waals surface area contributed by atoms with Gasteiger partial charge in [0.25, 0.3) is 11.8 Å². The van der Waals surface area contributed by atoms with E-state index in [1.807, 2.05) is 0 Å². The predicted octanol–water partition coefficient (Wildman–Crippen LogP) is 0.893. The van der Waals surface area contributed by atoms with E-state index in [4.69, 9.17) is 19.9 Å². The zero-order valence-electron chi connectivity index (χ0n) is 13.9. The lowest BCUT2D eigenvalue weighted by atomic mass is 10.1. The fourth-order valence-electron chi connectivity index (χ4n) is 2.03. The number of hydrogen-bond acceptors (Lipinski definition) is 6. The fraction of sp³-hybridized carbons (Fsp3) is 0.235. The monoisotopic (exact) mass is 345 g/mol. The second-order valence-electron chi connectivity index (χ2n) is 5.01. The first-order chi connectivity index (χ1) is 12.0. The Hall–Kier alpha value is -3.29. The van der Waals surface area contributed by atoms with Crippen molar-refractivity contribution in [2.24, 2.45) is 5.73 Å². The normalized spacial score (nSPS) is 10.0. The number of carbonyl (C=O) groups excluding carboxylic acids is 2. The summed E-state index contributed by atoms with van der Waals surface area (Å²) in [4.78, 5) is 27.1. The molecule has 132 valence electrons. The summed E-state index contributed by atoms with van der Waals surface area (Å²) in [6.45, 7) is 0.0474. The molecule has 0 aliphatic rings. The van der Waals surface area contributed by atoms with E-state index in [1.54, 1.807) is 30.5 Å². The maximum Gasteiger partial charge on any atom is 0.255 e. The molecule has 0 radical (unpaired) electrons. The van der Waals surface area contributed by atoms with Crippen molar-refractivity contribution in [3.8, 4) is 17.4 Å². The van der Waals surface area contributed by atoms with Crippen molar-refractivity contribution in [2.45, 2.75) is 6.54 Å². The first kappa shape index (κ1) is 18.1. The molecule has 3 N–H and O–H groups in total. The molecule has 0 aliphatic carbocycles. The number of primary amides is 1. The lowest BCUT2D eigenvalue weighted by molar-refractivity contribution is -0.119. The summed E-state index contributed by atoms with van der Waals surface area (Å²) in [7, 11) is 2.97. The average Bonchev–Trinajstić information content (AvgIpc) is 2.64. The number of ether oxygens (including phenoxy) is 3. The van der Waals surface area contributed by atoms with Crippen LogP contribution in [0.15, 0.2) is 36.5 Å². The van der Waals surface area contributed by atoms with Crippen LogP contribution >= 0.6 is 0 Å². The summed E-state index contributed by atoms with van der Waals surface area (Å²) in [5.74, 6) is 0.257. The molecule has 0 saturated carbocycles. The first-order valence-corrected chi connectivity index (χ1v) is 7.39. The number of hydrogen-bond donors (Lipinski definition) is 2. The highest BCUT2D eigenvalue weighted by atomic mass is 16.5. The third-order valence-corrected chi connectivity index (χ3v) is 3.26. The highest BCUT2D eigenvalue weighted by Gasteiger charge is 2.12. The van der Waals surface area contributed by atoms with Crippen LogP contribution in [0.25, 0.3) is 0 Å². The molecule has 0 aliphatic heterocycles. The van der Waals surface area contributed by atoms with Crippen LogP contribution in [0.5, 0.6) is 17.4 Å². The number of aromatic nitrogens is 1. The quantitative estimate of drug-likeness (QED) is 0.735. The van der Waals surface area contributed by atoms with E-state index in [1.165, 1.54) is 20.3 Å². The number of nitrogens with two attached hydrogens (primary N) is 1. The van der Waals surface area contributed by atoms with Crippen LogP contribution in [-0.2, 0) is 11.3 Å². The Morgan fingerprint density at radius 2 is 1.92 bits per heavy atom. The van der Waals surface area contributed by atoms with Crippen LogP contribution in [0.1, 0.15) is 15.9 Å². The van der Waals surface area contributed by atoms with Gasteiger partial charge in [-0.2, -0.15) is 0 Å². The third kappa shape index (κ3) is 5.10.